The zero-order chi connectivity index (χ0) is 21.5. The van der Waals surface area contributed by atoms with Crippen LogP contribution >= 0.6 is 0 Å². The standard InChI is InChI=1S/C12H15NO4S.C5H9NO4/c1-9-4-6-10(7-5-9)18(16,17)13-8-2-3-11(13)12(14)15;1-6-3(5(9)10)2-4(7)8/h4-7,11H,2-3,8H2,1H3,(H,14,15);3,6H,2H2,1H3,(H,7,8)(H,9,10)/t11-;/m0./s1. The first-order chi connectivity index (χ1) is 13.0. The van der Waals surface area contributed by atoms with Gasteiger partial charge in [-0.3, -0.25) is 14.4 Å². The van der Waals surface area contributed by atoms with E-state index in [4.69, 9.17) is 15.3 Å². The predicted molar refractivity (Wildman–Crippen MR) is 98.5 cm³/mol. The molecule has 10 nitrogen and oxygen atoms in total. The minimum atomic E-state index is -3.70. The van der Waals surface area contributed by atoms with E-state index in [1.54, 1.807) is 12.1 Å². The van der Waals surface area contributed by atoms with Crippen molar-refractivity contribution in [3.8, 4) is 0 Å². The van der Waals surface area contributed by atoms with Crippen LogP contribution in [0.25, 0.3) is 0 Å². The number of carboxylic acid groups (broad SMARTS) is 3. The monoisotopic (exact) mass is 416 g/mol. The summed E-state index contributed by atoms with van der Waals surface area (Å²) in [6.07, 6.45) is 0.564. The van der Waals surface area contributed by atoms with E-state index in [0.29, 0.717) is 12.8 Å². The number of aliphatic carboxylic acids is 3. The Morgan fingerprint density at radius 2 is 1.75 bits per heavy atom. The minimum Gasteiger partial charge on any atom is -0.481 e. The van der Waals surface area contributed by atoms with Gasteiger partial charge in [0, 0.05) is 6.54 Å². The second-order valence-corrected chi connectivity index (χ2v) is 8.09. The SMILES string of the molecule is CNC(CC(=O)O)C(=O)O.Cc1ccc(S(=O)(=O)N2CCC[C@H]2C(=O)O)cc1. The summed E-state index contributed by atoms with van der Waals surface area (Å²) in [6.45, 7) is 2.14. The van der Waals surface area contributed by atoms with Crippen LogP contribution in [0.15, 0.2) is 29.2 Å². The molecule has 1 aromatic carbocycles. The molecule has 28 heavy (non-hydrogen) atoms. The summed E-state index contributed by atoms with van der Waals surface area (Å²) in [5.41, 5.74) is 0.963. The molecule has 0 aliphatic carbocycles. The first kappa shape index (κ1) is 23.5. The maximum absolute atomic E-state index is 12.3. The number of carbonyl (C=O) groups is 3. The normalized spacial score (nSPS) is 18.0. The van der Waals surface area contributed by atoms with Crippen molar-refractivity contribution in [1.29, 1.82) is 0 Å². The van der Waals surface area contributed by atoms with E-state index in [-0.39, 0.29) is 11.4 Å². The Balaban J connectivity index is 0.000000336. The lowest BCUT2D eigenvalue weighted by Gasteiger charge is -2.20. The van der Waals surface area contributed by atoms with Gasteiger partial charge in [0.15, 0.2) is 0 Å². The maximum atomic E-state index is 12.3. The second kappa shape index (κ2) is 10.2. The Morgan fingerprint density at radius 1 is 1.18 bits per heavy atom. The van der Waals surface area contributed by atoms with Gasteiger partial charge in [-0.15, -0.1) is 0 Å². The van der Waals surface area contributed by atoms with Crippen molar-refractivity contribution < 1.29 is 38.1 Å². The fraction of sp³-hybridized carbons (Fsp3) is 0.471. The molecule has 0 saturated carbocycles. The highest BCUT2D eigenvalue weighted by Gasteiger charge is 2.39. The van der Waals surface area contributed by atoms with E-state index < -0.39 is 46.4 Å². The molecule has 1 unspecified atom stereocenters. The maximum Gasteiger partial charge on any atom is 0.322 e. The van der Waals surface area contributed by atoms with Crippen LogP contribution in [0, 0.1) is 6.92 Å². The van der Waals surface area contributed by atoms with Crippen LogP contribution < -0.4 is 5.32 Å². The zero-order valence-corrected chi connectivity index (χ0v) is 16.3. The number of hydrogen-bond donors (Lipinski definition) is 4. The minimum absolute atomic E-state index is 0.154. The Bertz CT molecular complexity index is 807. The molecular formula is C17H24N2O8S. The highest BCUT2D eigenvalue weighted by molar-refractivity contribution is 7.89. The van der Waals surface area contributed by atoms with Crippen molar-refractivity contribution in [2.45, 2.75) is 43.2 Å². The molecule has 1 aliphatic heterocycles. The number of carboxylic acids is 3. The predicted octanol–water partition coefficient (Wildman–Crippen LogP) is 0.366. The van der Waals surface area contributed by atoms with Crippen LogP contribution in [0.2, 0.25) is 0 Å². The Labute approximate surface area is 162 Å². The number of nitrogens with one attached hydrogen (secondary N) is 1. The van der Waals surface area contributed by atoms with Gasteiger partial charge in [0.05, 0.1) is 11.3 Å². The summed E-state index contributed by atoms with van der Waals surface area (Å²) in [5, 5.41) is 27.8. The van der Waals surface area contributed by atoms with Crippen molar-refractivity contribution in [2.75, 3.05) is 13.6 Å². The third-order valence-corrected chi connectivity index (χ3v) is 6.06. The first-order valence-corrected chi connectivity index (χ1v) is 9.88. The van der Waals surface area contributed by atoms with Crippen LogP contribution in [0.4, 0.5) is 0 Å². The van der Waals surface area contributed by atoms with Gasteiger partial charge in [-0.1, -0.05) is 17.7 Å². The van der Waals surface area contributed by atoms with Crippen molar-refractivity contribution in [2.24, 2.45) is 0 Å². The summed E-state index contributed by atoms with van der Waals surface area (Å²) in [6, 6.07) is 4.52. The Hall–Kier alpha value is -2.50. The molecule has 1 aromatic rings. The molecule has 1 heterocycles. The average Bonchev–Trinajstić information content (AvgIpc) is 3.11. The molecule has 2 atom stereocenters. The van der Waals surface area contributed by atoms with Gasteiger partial charge in [-0.05, 0) is 38.9 Å². The summed E-state index contributed by atoms with van der Waals surface area (Å²) < 4.78 is 25.7. The van der Waals surface area contributed by atoms with E-state index in [2.05, 4.69) is 5.32 Å². The fourth-order valence-corrected chi connectivity index (χ4v) is 4.26. The van der Waals surface area contributed by atoms with Crippen LogP contribution in [-0.4, -0.2) is 71.6 Å². The van der Waals surface area contributed by atoms with Gasteiger partial charge in [0.2, 0.25) is 10.0 Å². The zero-order valence-electron chi connectivity index (χ0n) is 15.5. The highest BCUT2D eigenvalue weighted by atomic mass is 32.2. The number of hydrogen-bond acceptors (Lipinski definition) is 6. The third-order valence-electron chi connectivity index (χ3n) is 4.14. The highest BCUT2D eigenvalue weighted by Crippen LogP contribution is 2.26. The molecular weight excluding hydrogens is 392 g/mol. The first-order valence-electron chi connectivity index (χ1n) is 8.44. The molecule has 0 aromatic heterocycles. The van der Waals surface area contributed by atoms with Gasteiger partial charge in [-0.2, -0.15) is 4.31 Å². The molecule has 11 heteroatoms. The van der Waals surface area contributed by atoms with Crippen LogP contribution in [0.3, 0.4) is 0 Å². The molecule has 156 valence electrons. The van der Waals surface area contributed by atoms with Gasteiger partial charge >= 0.3 is 17.9 Å². The summed E-state index contributed by atoms with van der Waals surface area (Å²) in [7, 11) is -2.29. The molecule has 2 rings (SSSR count). The van der Waals surface area contributed by atoms with Crippen molar-refractivity contribution >= 4 is 27.9 Å². The van der Waals surface area contributed by atoms with Crippen molar-refractivity contribution in [1.82, 2.24) is 9.62 Å². The molecule has 0 radical (unpaired) electrons. The largest absolute Gasteiger partial charge is 0.481 e. The summed E-state index contributed by atoms with van der Waals surface area (Å²) >= 11 is 0. The average molecular weight is 416 g/mol. The van der Waals surface area contributed by atoms with E-state index in [0.717, 1.165) is 9.87 Å². The number of likely N-dealkylation sites (N-methyl/N-ethyl adjacent to an activating group) is 1. The number of benzene rings is 1. The van der Waals surface area contributed by atoms with E-state index in [1.807, 2.05) is 6.92 Å². The molecule has 0 bridgehead atoms. The Kier molecular flexibility index (Phi) is 8.54. The van der Waals surface area contributed by atoms with E-state index >= 15 is 0 Å². The molecule has 0 amide bonds. The van der Waals surface area contributed by atoms with Crippen LogP contribution in [0.5, 0.6) is 0 Å². The van der Waals surface area contributed by atoms with Crippen LogP contribution in [-0.2, 0) is 24.4 Å². The quantitative estimate of drug-likeness (QED) is 0.492. The van der Waals surface area contributed by atoms with Crippen molar-refractivity contribution in [3.63, 3.8) is 0 Å². The van der Waals surface area contributed by atoms with Gasteiger partial charge in [0.1, 0.15) is 12.1 Å². The Morgan fingerprint density at radius 3 is 2.14 bits per heavy atom. The summed E-state index contributed by atoms with van der Waals surface area (Å²) in [5.74, 6) is -3.35. The van der Waals surface area contributed by atoms with Crippen molar-refractivity contribution in [3.05, 3.63) is 29.8 Å². The molecule has 1 saturated heterocycles. The lowest BCUT2D eigenvalue weighted by Crippen LogP contribution is -2.40. The number of rotatable bonds is 7. The number of sulfonamides is 1. The lowest BCUT2D eigenvalue weighted by molar-refractivity contribution is -0.145. The van der Waals surface area contributed by atoms with E-state index in [1.165, 1.54) is 19.2 Å². The number of aryl methyl sites for hydroxylation is 1. The van der Waals surface area contributed by atoms with Gasteiger partial charge in [-0.25, -0.2) is 8.42 Å². The fourth-order valence-electron chi connectivity index (χ4n) is 2.61. The second-order valence-electron chi connectivity index (χ2n) is 6.20. The number of nitrogens with zero attached hydrogens (tertiary/aromatic N) is 1. The lowest BCUT2D eigenvalue weighted by atomic mass is 10.2. The van der Waals surface area contributed by atoms with E-state index in [9.17, 15) is 22.8 Å². The summed E-state index contributed by atoms with van der Waals surface area (Å²) in [4.78, 5) is 31.3. The molecule has 1 aliphatic rings. The third kappa shape index (κ3) is 6.29. The molecule has 4 N–H and O–H groups in total. The van der Waals surface area contributed by atoms with Gasteiger partial charge < -0.3 is 20.6 Å². The molecule has 1 fully saturated rings. The molecule has 0 spiro atoms. The topological polar surface area (TPSA) is 161 Å². The van der Waals surface area contributed by atoms with Crippen LogP contribution in [0.1, 0.15) is 24.8 Å². The smallest absolute Gasteiger partial charge is 0.322 e. The van der Waals surface area contributed by atoms with Gasteiger partial charge in [0.25, 0.3) is 0 Å².